The highest BCUT2D eigenvalue weighted by molar-refractivity contribution is 6.32. The molecule has 0 atom stereocenters. The van der Waals surface area contributed by atoms with Crippen molar-refractivity contribution in [2.24, 2.45) is 0 Å². The SMILES string of the molecule is c1ccc2c(c1)ccc1c2c2cccc3c4c5oc6ccccc6c5ccc4n1c23. The fourth-order valence-corrected chi connectivity index (χ4v) is 5.51. The van der Waals surface area contributed by atoms with Crippen molar-refractivity contribution < 1.29 is 4.42 Å². The molecule has 5 aromatic carbocycles. The summed E-state index contributed by atoms with van der Waals surface area (Å²) < 4.78 is 8.82. The number of furan rings is 1. The zero-order valence-corrected chi connectivity index (χ0v) is 16.0. The van der Waals surface area contributed by atoms with Crippen LogP contribution in [0, 0.1) is 0 Å². The van der Waals surface area contributed by atoms with E-state index >= 15 is 0 Å². The fraction of sp³-hybridized carbons (Fsp3) is 0. The third-order valence-electron chi connectivity index (χ3n) is 6.71. The third-order valence-corrected chi connectivity index (χ3v) is 6.71. The van der Waals surface area contributed by atoms with Gasteiger partial charge in [0.25, 0.3) is 0 Å². The zero-order chi connectivity index (χ0) is 19.4. The highest BCUT2D eigenvalue weighted by Crippen LogP contribution is 2.44. The molecule has 2 heteroatoms. The topological polar surface area (TPSA) is 17.6 Å². The third kappa shape index (κ3) is 1.56. The van der Waals surface area contributed by atoms with Crippen LogP contribution in [0.15, 0.2) is 95.4 Å². The number of nitrogens with zero attached hydrogens (tertiary/aromatic N) is 1. The van der Waals surface area contributed by atoms with E-state index in [9.17, 15) is 0 Å². The van der Waals surface area contributed by atoms with Crippen LogP contribution < -0.4 is 0 Å². The van der Waals surface area contributed by atoms with E-state index in [1.54, 1.807) is 0 Å². The molecule has 0 fully saturated rings. The molecule has 30 heavy (non-hydrogen) atoms. The number of para-hydroxylation sites is 2. The Balaban J connectivity index is 1.71. The second-order valence-corrected chi connectivity index (χ2v) is 8.15. The summed E-state index contributed by atoms with van der Waals surface area (Å²) in [4.78, 5) is 0. The molecule has 0 radical (unpaired) electrons. The summed E-state index contributed by atoms with van der Waals surface area (Å²) in [6, 6.07) is 32.6. The van der Waals surface area contributed by atoms with E-state index < -0.39 is 0 Å². The number of hydrogen-bond donors (Lipinski definition) is 0. The van der Waals surface area contributed by atoms with Crippen LogP contribution in [0.5, 0.6) is 0 Å². The summed E-state index contributed by atoms with van der Waals surface area (Å²) in [6.07, 6.45) is 0. The summed E-state index contributed by atoms with van der Waals surface area (Å²) >= 11 is 0. The monoisotopic (exact) mass is 381 g/mol. The summed E-state index contributed by atoms with van der Waals surface area (Å²) in [5.74, 6) is 0. The number of hydrogen-bond acceptors (Lipinski definition) is 1. The van der Waals surface area contributed by atoms with Crippen molar-refractivity contribution in [3.8, 4) is 0 Å². The Hall–Kier alpha value is -4.04. The minimum absolute atomic E-state index is 0.945. The van der Waals surface area contributed by atoms with E-state index in [0.717, 1.165) is 11.2 Å². The largest absolute Gasteiger partial charge is 0.455 e. The molecule has 0 spiro atoms. The zero-order valence-electron chi connectivity index (χ0n) is 16.0. The predicted molar refractivity (Wildman–Crippen MR) is 126 cm³/mol. The van der Waals surface area contributed by atoms with Crippen LogP contribution in [-0.4, -0.2) is 4.40 Å². The van der Waals surface area contributed by atoms with E-state index in [4.69, 9.17) is 4.42 Å². The Morgan fingerprint density at radius 2 is 1.20 bits per heavy atom. The van der Waals surface area contributed by atoms with Gasteiger partial charge in [-0.1, -0.05) is 66.7 Å². The van der Waals surface area contributed by atoms with Crippen LogP contribution in [-0.2, 0) is 0 Å². The first-order valence-electron chi connectivity index (χ1n) is 10.3. The summed E-state index contributed by atoms with van der Waals surface area (Å²) in [5, 5.41) is 10.1. The van der Waals surface area contributed by atoms with E-state index in [-0.39, 0.29) is 0 Å². The molecule has 2 nitrogen and oxygen atoms in total. The average molecular weight is 381 g/mol. The number of fused-ring (bicyclic) bond motifs is 12. The highest BCUT2D eigenvalue weighted by Gasteiger charge is 2.21. The maximum Gasteiger partial charge on any atom is 0.145 e. The molecule has 0 aliphatic rings. The van der Waals surface area contributed by atoms with E-state index in [1.807, 2.05) is 6.07 Å². The molecular weight excluding hydrogens is 366 g/mol. The van der Waals surface area contributed by atoms with Crippen LogP contribution in [0.3, 0.4) is 0 Å². The lowest BCUT2D eigenvalue weighted by Crippen LogP contribution is -1.81. The Labute approximate surface area is 170 Å². The lowest BCUT2D eigenvalue weighted by atomic mass is 10.0. The molecule has 0 saturated carbocycles. The minimum Gasteiger partial charge on any atom is -0.455 e. The average Bonchev–Trinajstić information content (AvgIpc) is 3.45. The molecule has 8 aromatic rings. The Kier molecular flexibility index (Phi) is 2.44. The Bertz CT molecular complexity index is 1950. The normalized spacial score (nSPS) is 12.7. The van der Waals surface area contributed by atoms with Crippen molar-refractivity contribution in [1.82, 2.24) is 4.40 Å². The lowest BCUT2D eigenvalue weighted by Gasteiger charge is -2.02. The standard InChI is InChI=1S/C28H15NO/c1-2-7-17-16(6-1)12-14-22-25(17)20-9-5-10-21-26-23(29(22)27(20)21)15-13-19-18-8-3-4-11-24(18)30-28(19)26/h1-15H. The first-order valence-corrected chi connectivity index (χ1v) is 10.3. The lowest BCUT2D eigenvalue weighted by molar-refractivity contribution is 0.673. The van der Waals surface area contributed by atoms with Gasteiger partial charge >= 0.3 is 0 Å². The number of rotatable bonds is 0. The summed E-state index contributed by atoms with van der Waals surface area (Å²) in [6.45, 7) is 0. The summed E-state index contributed by atoms with van der Waals surface area (Å²) in [5.41, 5.74) is 5.68. The fourth-order valence-electron chi connectivity index (χ4n) is 5.51. The number of benzene rings is 5. The molecule has 0 bridgehead atoms. The molecule has 0 amide bonds. The van der Waals surface area contributed by atoms with Gasteiger partial charge in [-0.3, -0.25) is 0 Å². The molecule has 3 heterocycles. The van der Waals surface area contributed by atoms with Gasteiger partial charge in [0.05, 0.1) is 21.9 Å². The van der Waals surface area contributed by atoms with Gasteiger partial charge in [0.15, 0.2) is 0 Å². The van der Waals surface area contributed by atoms with E-state index in [0.29, 0.717) is 0 Å². The number of aromatic nitrogens is 1. The highest BCUT2D eigenvalue weighted by atomic mass is 16.3. The maximum atomic E-state index is 6.40. The first kappa shape index (κ1) is 14.9. The van der Waals surface area contributed by atoms with Gasteiger partial charge in [0.2, 0.25) is 0 Å². The molecule has 0 N–H and O–H groups in total. The van der Waals surface area contributed by atoms with E-state index in [2.05, 4.69) is 89.3 Å². The molecule has 0 saturated heterocycles. The van der Waals surface area contributed by atoms with Crippen molar-refractivity contribution in [3.63, 3.8) is 0 Å². The van der Waals surface area contributed by atoms with Crippen molar-refractivity contribution in [2.45, 2.75) is 0 Å². The van der Waals surface area contributed by atoms with Crippen LogP contribution >= 0.6 is 0 Å². The second kappa shape index (κ2) is 4.92. The van der Waals surface area contributed by atoms with Crippen LogP contribution in [0.1, 0.15) is 0 Å². The van der Waals surface area contributed by atoms with Crippen LogP contribution in [0.2, 0.25) is 0 Å². The molecular formula is C28H15NO. The van der Waals surface area contributed by atoms with Crippen molar-refractivity contribution in [2.75, 3.05) is 0 Å². The van der Waals surface area contributed by atoms with Gasteiger partial charge < -0.3 is 8.82 Å². The predicted octanol–water partition coefficient (Wildman–Crippen LogP) is 7.89. The molecule has 0 aliphatic heterocycles. The molecule has 8 rings (SSSR count). The van der Waals surface area contributed by atoms with Gasteiger partial charge in [-0.15, -0.1) is 0 Å². The molecule has 0 unspecified atom stereocenters. The van der Waals surface area contributed by atoms with Gasteiger partial charge in [0.1, 0.15) is 11.2 Å². The second-order valence-electron chi connectivity index (χ2n) is 8.15. The van der Waals surface area contributed by atoms with Crippen molar-refractivity contribution >= 4 is 70.8 Å². The summed E-state index contributed by atoms with van der Waals surface area (Å²) in [7, 11) is 0. The van der Waals surface area contributed by atoms with Gasteiger partial charge in [-0.05, 0) is 35.0 Å². The molecule has 138 valence electrons. The first-order chi connectivity index (χ1) is 14.9. The maximum absolute atomic E-state index is 6.40. The molecule has 0 aliphatic carbocycles. The van der Waals surface area contributed by atoms with Crippen LogP contribution in [0.25, 0.3) is 70.8 Å². The Morgan fingerprint density at radius 1 is 0.500 bits per heavy atom. The smallest absolute Gasteiger partial charge is 0.145 e. The van der Waals surface area contributed by atoms with Crippen molar-refractivity contribution in [1.29, 1.82) is 0 Å². The van der Waals surface area contributed by atoms with Gasteiger partial charge in [-0.25, -0.2) is 0 Å². The Morgan fingerprint density at radius 3 is 2.13 bits per heavy atom. The van der Waals surface area contributed by atoms with Gasteiger partial charge in [0, 0.05) is 26.9 Å². The van der Waals surface area contributed by atoms with Gasteiger partial charge in [-0.2, -0.15) is 0 Å². The minimum atomic E-state index is 0.945. The van der Waals surface area contributed by atoms with Crippen LogP contribution in [0.4, 0.5) is 0 Å². The van der Waals surface area contributed by atoms with Crippen molar-refractivity contribution in [3.05, 3.63) is 91.0 Å². The quantitative estimate of drug-likeness (QED) is 0.261. The molecule has 3 aromatic heterocycles. The van der Waals surface area contributed by atoms with E-state index in [1.165, 1.54) is 59.6 Å².